The summed E-state index contributed by atoms with van der Waals surface area (Å²) >= 11 is 0. The van der Waals surface area contributed by atoms with Gasteiger partial charge >= 0.3 is 0 Å². The van der Waals surface area contributed by atoms with E-state index in [1.807, 2.05) is 6.92 Å². The summed E-state index contributed by atoms with van der Waals surface area (Å²) in [5.41, 5.74) is 7.65. The highest BCUT2D eigenvalue weighted by atomic mass is 16.3. The summed E-state index contributed by atoms with van der Waals surface area (Å²) in [6, 6.07) is 5.14. The summed E-state index contributed by atoms with van der Waals surface area (Å²) in [5.74, 6) is 0.643. The number of carbonyl (C=O) groups excluding carboxylic acids is 1. The number of fused-ring (bicyclic) bond motifs is 1. The van der Waals surface area contributed by atoms with Crippen molar-refractivity contribution >= 4 is 16.9 Å². The van der Waals surface area contributed by atoms with Crippen molar-refractivity contribution in [3.63, 3.8) is 0 Å². The van der Waals surface area contributed by atoms with Crippen LogP contribution in [0.4, 0.5) is 0 Å². The number of aromatic nitrogens is 1. The van der Waals surface area contributed by atoms with Crippen LogP contribution in [-0.4, -0.2) is 16.8 Å². The third-order valence-corrected chi connectivity index (χ3v) is 2.32. The number of hydrogen-bond donors (Lipinski definition) is 1. The molecule has 0 amide bonds. The van der Waals surface area contributed by atoms with Crippen LogP contribution < -0.4 is 5.73 Å². The van der Waals surface area contributed by atoms with Gasteiger partial charge in [0.05, 0.1) is 0 Å². The first-order chi connectivity index (χ1) is 7.56. The average Bonchev–Trinajstić information content (AvgIpc) is 2.55. The molecule has 0 radical (unpaired) electrons. The van der Waals surface area contributed by atoms with Crippen molar-refractivity contribution < 1.29 is 9.21 Å². The molecular weight excluding hydrogens is 204 g/mol. The van der Waals surface area contributed by atoms with E-state index < -0.39 is 0 Å². The van der Waals surface area contributed by atoms with E-state index in [1.165, 1.54) is 0 Å². The zero-order valence-electron chi connectivity index (χ0n) is 9.36. The zero-order chi connectivity index (χ0) is 11.7. The van der Waals surface area contributed by atoms with Crippen LogP contribution in [0.5, 0.6) is 0 Å². The van der Waals surface area contributed by atoms with Gasteiger partial charge in [0, 0.05) is 24.9 Å². The SMILES string of the molecule is Cc1nc2cc(C(=O)CC(C)N)ccc2o1. The van der Waals surface area contributed by atoms with Crippen molar-refractivity contribution in [3.05, 3.63) is 29.7 Å². The normalized spacial score (nSPS) is 12.9. The van der Waals surface area contributed by atoms with Crippen LogP contribution in [0.3, 0.4) is 0 Å². The van der Waals surface area contributed by atoms with Crippen LogP contribution >= 0.6 is 0 Å². The van der Waals surface area contributed by atoms with Crippen LogP contribution in [-0.2, 0) is 0 Å². The summed E-state index contributed by atoms with van der Waals surface area (Å²) in [5, 5.41) is 0. The van der Waals surface area contributed by atoms with Crippen LogP contribution in [0.2, 0.25) is 0 Å². The van der Waals surface area contributed by atoms with Gasteiger partial charge < -0.3 is 10.2 Å². The van der Waals surface area contributed by atoms with Gasteiger partial charge in [-0.1, -0.05) is 0 Å². The maximum atomic E-state index is 11.8. The van der Waals surface area contributed by atoms with E-state index in [4.69, 9.17) is 10.2 Å². The molecule has 1 heterocycles. The third kappa shape index (κ3) is 2.12. The third-order valence-electron chi connectivity index (χ3n) is 2.32. The monoisotopic (exact) mass is 218 g/mol. The van der Waals surface area contributed by atoms with Gasteiger partial charge in [-0.3, -0.25) is 4.79 Å². The lowest BCUT2D eigenvalue weighted by Crippen LogP contribution is -2.19. The van der Waals surface area contributed by atoms with E-state index in [9.17, 15) is 4.79 Å². The fourth-order valence-electron chi connectivity index (χ4n) is 1.63. The van der Waals surface area contributed by atoms with Gasteiger partial charge in [0.1, 0.15) is 5.52 Å². The first-order valence-electron chi connectivity index (χ1n) is 5.22. The number of nitrogens with two attached hydrogens (primary N) is 1. The molecule has 2 aromatic rings. The molecule has 0 saturated carbocycles. The molecule has 0 saturated heterocycles. The molecule has 16 heavy (non-hydrogen) atoms. The molecule has 84 valence electrons. The molecular formula is C12H14N2O2. The summed E-state index contributed by atoms with van der Waals surface area (Å²) < 4.78 is 5.34. The first kappa shape index (κ1) is 10.8. The van der Waals surface area contributed by atoms with Gasteiger partial charge in [-0.15, -0.1) is 0 Å². The summed E-state index contributed by atoms with van der Waals surface area (Å²) in [6.07, 6.45) is 0.350. The van der Waals surface area contributed by atoms with E-state index in [2.05, 4.69) is 4.98 Å². The molecule has 2 rings (SSSR count). The summed E-state index contributed by atoms with van der Waals surface area (Å²) in [6.45, 7) is 3.60. The van der Waals surface area contributed by atoms with Crippen molar-refractivity contribution in [1.29, 1.82) is 0 Å². The molecule has 1 aromatic heterocycles. The average molecular weight is 218 g/mol. The Morgan fingerprint density at radius 1 is 1.56 bits per heavy atom. The van der Waals surface area contributed by atoms with E-state index in [0.29, 0.717) is 29.0 Å². The lowest BCUT2D eigenvalue weighted by molar-refractivity contribution is 0.0976. The predicted octanol–water partition coefficient (Wildman–Crippen LogP) is 2.06. The van der Waals surface area contributed by atoms with Crippen LogP contribution in [0, 0.1) is 6.92 Å². The summed E-state index contributed by atoms with van der Waals surface area (Å²) in [4.78, 5) is 16.0. The van der Waals surface area contributed by atoms with E-state index in [0.717, 1.165) is 0 Å². The molecule has 0 aliphatic heterocycles. The molecule has 0 fully saturated rings. The topological polar surface area (TPSA) is 69.1 Å². The van der Waals surface area contributed by atoms with Crippen LogP contribution in [0.1, 0.15) is 29.6 Å². The van der Waals surface area contributed by atoms with Gasteiger partial charge in [-0.05, 0) is 25.1 Å². The quantitative estimate of drug-likeness (QED) is 0.800. The predicted molar refractivity (Wildman–Crippen MR) is 61.3 cm³/mol. The van der Waals surface area contributed by atoms with Crippen LogP contribution in [0.15, 0.2) is 22.6 Å². The van der Waals surface area contributed by atoms with Gasteiger partial charge in [0.25, 0.3) is 0 Å². The number of hydrogen-bond acceptors (Lipinski definition) is 4. The van der Waals surface area contributed by atoms with E-state index in [-0.39, 0.29) is 11.8 Å². The second-order valence-electron chi connectivity index (χ2n) is 4.02. The minimum atomic E-state index is -0.123. The smallest absolute Gasteiger partial charge is 0.192 e. The Bertz CT molecular complexity index is 529. The van der Waals surface area contributed by atoms with Gasteiger partial charge in [-0.25, -0.2) is 4.98 Å². The van der Waals surface area contributed by atoms with Crippen LogP contribution in [0.25, 0.3) is 11.1 Å². The number of ketones is 1. The largest absolute Gasteiger partial charge is 0.441 e. The minimum absolute atomic E-state index is 0.0394. The molecule has 0 bridgehead atoms. The number of aryl methyl sites for hydroxylation is 1. The molecule has 1 aromatic carbocycles. The molecule has 0 aliphatic rings. The Morgan fingerprint density at radius 2 is 2.31 bits per heavy atom. The number of carbonyl (C=O) groups is 1. The highest BCUT2D eigenvalue weighted by molar-refractivity contribution is 5.98. The van der Waals surface area contributed by atoms with Gasteiger partial charge in [0.15, 0.2) is 17.3 Å². The van der Waals surface area contributed by atoms with Crippen molar-refractivity contribution in [1.82, 2.24) is 4.98 Å². The lowest BCUT2D eigenvalue weighted by Gasteiger charge is -2.03. The fourth-order valence-corrected chi connectivity index (χ4v) is 1.63. The molecule has 0 spiro atoms. The zero-order valence-corrected chi connectivity index (χ0v) is 9.36. The van der Waals surface area contributed by atoms with Crippen molar-refractivity contribution in [3.8, 4) is 0 Å². The Hall–Kier alpha value is -1.68. The first-order valence-corrected chi connectivity index (χ1v) is 5.22. The highest BCUT2D eigenvalue weighted by Gasteiger charge is 2.10. The molecule has 0 aliphatic carbocycles. The molecule has 1 atom stereocenters. The second kappa shape index (κ2) is 4.06. The molecule has 4 heteroatoms. The summed E-state index contributed by atoms with van der Waals surface area (Å²) in [7, 11) is 0. The molecule has 4 nitrogen and oxygen atoms in total. The Kier molecular flexibility index (Phi) is 2.75. The minimum Gasteiger partial charge on any atom is -0.441 e. The number of Topliss-reactive ketones (excluding diaryl/α,β-unsaturated/α-hetero) is 1. The fraction of sp³-hybridized carbons (Fsp3) is 0.333. The van der Waals surface area contributed by atoms with Crippen molar-refractivity contribution in [2.75, 3.05) is 0 Å². The molecule has 1 unspecified atom stereocenters. The lowest BCUT2D eigenvalue weighted by atomic mass is 10.0. The highest BCUT2D eigenvalue weighted by Crippen LogP contribution is 2.17. The standard InChI is InChI=1S/C12H14N2O2/c1-7(13)5-11(15)9-3-4-12-10(6-9)14-8(2)16-12/h3-4,6-7H,5,13H2,1-2H3. The van der Waals surface area contributed by atoms with Gasteiger partial charge in [0.2, 0.25) is 0 Å². The Balaban J connectivity index is 2.35. The second-order valence-corrected chi connectivity index (χ2v) is 4.02. The molecule has 2 N–H and O–H groups in total. The van der Waals surface area contributed by atoms with Crippen molar-refractivity contribution in [2.45, 2.75) is 26.3 Å². The Morgan fingerprint density at radius 3 is 3.00 bits per heavy atom. The number of oxazole rings is 1. The Labute approximate surface area is 93.5 Å². The maximum Gasteiger partial charge on any atom is 0.192 e. The van der Waals surface area contributed by atoms with E-state index >= 15 is 0 Å². The van der Waals surface area contributed by atoms with E-state index in [1.54, 1.807) is 25.1 Å². The number of rotatable bonds is 3. The number of benzene rings is 1. The maximum absolute atomic E-state index is 11.8. The van der Waals surface area contributed by atoms with Gasteiger partial charge in [-0.2, -0.15) is 0 Å². The van der Waals surface area contributed by atoms with Crippen molar-refractivity contribution in [2.24, 2.45) is 5.73 Å². The number of nitrogens with zero attached hydrogens (tertiary/aromatic N) is 1.